The van der Waals surface area contributed by atoms with Crippen LogP contribution in [0.15, 0.2) is 66.7 Å². The van der Waals surface area contributed by atoms with Gasteiger partial charge >= 0.3 is 0 Å². The quantitative estimate of drug-likeness (QED) is 0.460. The van der Waals surface area contributed by atoms with Gasteiger partial charge in [0.1, 0.15) is 6.04 Å². The van der Waals surface area contributed by atoms with E-state index >= 15 is 0 Å². The first kappa shape index (κ1) is 24.0. The maximum Gasteiger partial charge on any atom is 0.247 e. The highest BCUT2D eigenvalue weighted by atomic mass is 32.2. The van der Waals surface area contributed by atoms with Crippen molar-refractivity contribution in [2.24, 2.45) is 11.8 Å². The summed E-state index contributed by atoms with van der Waals surface area (Å²) in [7, 11) is 0. The lowest BCUT2D eigenvalue weighted by Gasteiger charge is -2.45. The number of aryl methyl sites for hydroxylation is 2. The first-order valence-corrected chi connectivity index (χ1v) is 14.2. The van der Waals surface area contributed by atoms with Gasteiger partial charge in [-0.3, -0.25) is 19.3 Å². The summed E-state index contributed by atoms with van der Waals surface area (Å²) in [5.41, 5.74) is 7.31. The zero-order chi connectivity index (χ0) is 25.8. The average molecular weight is 511 g/mol. The Balaban J connectivity index is 1.40. The molecular weight excluding hydrogens is 480 g/mol. The molecule has 6 heteroatoms. The Hall–Kier alpha value is -3.38. The molecule has 0 saturated carbocycles. The first-order chi connectivity index (χ1) is 17.9. The standard InChI is InChI=1S/C31H30N2O3S/c1-17-12-13-23(18(2)16-17)32-29(34)24(14-15-37-3)33-30(35)27-25-19-8-4-5-9-20(19)26(28(27)31(33)36)22-11-7-6-10-21(22)25/h4-13,16,24-28H,14-15H2,1-3H3,(H,32,34)/t24-,25?,26?,27-,28-/m1/s1. The molecule has 5 nitrogen and oxygen atoms in total. The van der Waals surface area contributed by atoms with Crippen LogP contribution in [0.25, 0.3) is 0 Å². The third-order valence-corrected chi connectivity index (χ3v) is 8.98. The van der Waals surface area contributed by atoms with Gasteiger partial charge in [-0.15, -0.1) is 0 Å². The summed E-state index contributed by atoms with van der Waals surface area (Å²) < 4.78 is 0. The van der Waals surface area contributed by atoms with E-state index in [1.165, 1.54) is 4.90 Å². The molecule has 37 heavy (non-hydrogen) atoms. The van der Waals surface area contributed by atoms with E-state index in [2.05, 4.69) is 29.6 Å². The average Bonchev–Trinajstić information content (AvgIpc) is 3.16. The Morgan fingerprint density at radius 1 is 0.865 bits per heavy atom. The summed E-state index contributed by atoms with van der Waals surface area (Å²) in [5.74, 6) is -1.36. The van der Waals surface area contributed by atoms with Crippen molar-refractivity contribution in [3.05, 3.63) is 100 Å². The molecule has 188 valence electrons. The molecule has 0 unspecified atom stereocenters. The topological polar surface area (TPSA) is 66.5 Å². The summed E-state index contributed by atoms with van der Waals surface area (Å²) in [6.07, 6.45) is 2.39. The van der Waals surface area contributed by atoms with Gasteiger partial charge in [0.15, 0.2) is 0 Å². The van der Waals surface area contributed by atoms with E-state index in [1.807, 2.05) is 62.6 Å². The third-order valence-electron chi connectivity index (χ3n) is 8.33. The Morgan fingerprint density at radius 2 is 1.38 bits per heavy atom. The van der Waals surface area contributed by atoms with Gasteiger partial charge in [-0.1, -0.05) is 66.2 Å². The van der Waals surface area contributed by atoms with Crippen LogP contribution in [0, 0.1) is 25.7 Å². The van der Waals surface area contributed by atoms with Crippen molar-refractivity contribution in [1.29, 1.82) is 0 Å². The van der Waals surface area contributed by atoms with Crippen LogP contribution in [0.5, 0.6) is 0 Å². The van der Waals surface area contributed by atoms with Crippen molar-refractivity contribution in [2.45, 2.75) is 38.1 Å². The van der Waals surface area contributed by atoms with Crippen molar-refractivity contribution in [2.75, 3.05) is 17.3 Å². The number of anilines is 1. The molecule has 1 N–H and O–H groups in total. The summed E-state index contributed by atoms with van der Waals surface area (Å²) in [6, 6.07) is 21.4. The van der Waals surface area contributed by atoms with Crippen molar-refractivity contribution in [3.8, 4) is 0 Å². The second-order valence-corrected chi connectivity index (χ2v) is 11.4. The molecule has 3 amide bonds. The van der Waals surface area contributed by atoms with Crippen molar-refractivity contribution in [1.82, 2.24) is 4.90 Å². The normalized spacial score (nSPS) is 23.9. The van der Waals surface area contributed by atoms with Crippen LogP contribution in [-0.2, 0) is 14.4 Å². The summed E-state index contributed by atoms with van der Waals surface area (Å²) in [5, 5.41) is 3.02. The van der Waals surface area contributed by atoms with Gasteiger partial charge in [0.2, 0.25) is 17.7 Å². The zero-order valence-electron chi connectivity index (χ0n) is 21.2. The molecule has 1 saturated heterocycles. The Kier molecular flexibility index (Phi) is 5.95. The number of hydrogen-bond acceptors (Lipinski definition) is 4. The monoisotopic (exact) mass is 510 g/mol. The van der Waals surface area contributed by atoms with Crippen LogP contribution in [-0.4, -0.2) is 40.7 Å². The smallest absolute Gasteiger partial charge is 0.247 e. The molecule has 0 spiro atoms. The van der Waals surface area contributed by atoms with Crippen molar-refractivity contribution < 1.29 is 14.4 Å². The van der Waals surface area contributed by atoms with E-state index in [1.54, 1.807) is 11.8 Å². The number of thioether (sulfide) groups is 1. The largest absolute Gasteiger partial charge is 0.324 e. The third kappa shape index (κ3) is 3.64. The Labute approximate surface area is 221 Å². The molecule has 1 heterocycles. The first-order valence-electron chi connectivity index (χ1n) is 12.8. The van der Waals surface area contributed by atoms with E-state index < -0.39 is 17.9 Å². The predicted octanol–water partition coefficient (Wildman–Crippen LogP) is 5.26. The number of likely N-dealkylation sites (tertiary alicyclic amines) is 1. The maximum absolute atomic E-state index is 14.2. The van der Waals surface area contributed by atoms with Gasteiger partial charge in [-0.05, 0) is 66.2 Å². The predicted molar refractivity (Wildman–Crippen MR) is 147 cm³/mol. The second kappa shape index (κ2) is 9.18. The van der Waals surface area contributed by atoms with Gasteiger partial charge in [0.25, 0.3) is 0 Å². The molecule has 7 rings (SSSR count). The number of carbonyl (C=O) groups excluding carboxylic acids is 3. The van der Waals surface area contributed by atoms with Crippen LogP contribution < -0.4 is 5.32 Å². The lowest BCUT2D eigenvalue weighted by Crippen LogP contribution is -2.48. The number of imide groups is 1. The molecule has 1 aliphatic heterocycles. The highest BCUT2D eigenvalue weighted by molar-refractivity contribution is 7.98. The van der Waals surface area contributed by atoms with Gasteiger partial charge in [0.05, 0.1) is 11.8 Å². The Bertz CT molecular complexity index is 1320. The zero-order valence-corrected chi connectivity index (χ0v) is 22.0. The fourth-order valence-electron chi connectivity index (χ4n) is 6.78. The molecule has 3 aromatic rings. The number of benzene rings is 3. The van der Waals surface area contributed by atoms with E-state index in [4.69, 9.17) is 0 Å². The number of carbonyl (C=O) groups is 3. The highest BCUT2D eigenvalue weighted by Crippen LogP contribution is 2.61. The molecule has 3 aliphatic carbocycles. The van der Waals surface area contributed by atoms with Gasteiger partial charge in [-0.2, -0.15) is 11.8 Å². The molecule has 3 aromatic carbocycles. The number of rotatable bonds is 6. The number of hydrogen-bond donors (Lipinski definition) is 1. The van der Waals surface area contributed by atoms with Crippen LogP contribution >= 0.6 is 11.8 Å². The Morgan fingerprint density at radius 3 is 1.84 bits per heavy atom. The van der Waals surface area contributed by atoms with Crippen LogP contribution in [0.3, 0.4) is 0 Å². The van der Waals surface area contributed by atoms with E-state index in [9.17, 15) is 14.4 Å². The van der Waals surface area contributed by atoms with Crippen LogP contribution in [0.2, 0.25) is 0 Å². The second-order valence-electron chi connectivity index (χ2n) is 10.4. The molecule has 3 atom stereocenters. The molecule has 0 radical (unpaired) electrons. The lowest BCUT2D eigenvalue weighted by molar-refractivity contribution is -0.146. The maximum atomic E-state index is 14.2. The number of nitrogens with zero attached hydrogens (tertiary/aromatic N) is 1. The summed E-state index contributed by atoms with van der Waals surface area (Å²) >= 11 is 1.61. The molecule has 2 bridgehead atoms. The fraction of sp³-hybridized carbons (Fsp3) is 0.323. The van der Waals surface area contributed by atoms with Crippen molar-refractivity contribution in [3.63, 3.8) is 0 Å². The molecule has 1 fully saturated rings. The molecule has 4 aliphatic rings. The minimum atomic E-state index is -0.843. The van der Waals surface area contributed by atoms with Crippen LogP contribution in [0.1, 0.15) is 51.6 Å². The number of amides is 3. The lowest BCUT2D eigenvalue weighted by atomic mass is 9.55. The molecule has 0 aromatic heterocycles. The fourth-order valence-corrected chi connectivity index (χ4v) is 7.24. The van der Waals surface area contributed by atoms with Crippen LogP contribution in [0.4, 0.5) is 5.69 Å². The highest BCUT2D eigenvalue weighted by Gasteiger charge is 2.62. The minimum absolute atomic E-state index is 0.174. The minimum Gasteiger partial charge on any atom is -0.324 e. The van der Waals surface area contributed by atoms with Gasteiger partial charge < -0.3 is 5.32 Å². The summed E-state index contributed by atoms with van der Waals surface area (Å²) in [6.45, 7) is 3.96. The van der Waals surface area contributed by atoms with E-state index in [0.29, 0.717) is 17.9 Å². The number of nitrogens with one attached hydrogen (secondary N) is 1. The van der Waals surface area contributed by atoms with E-state index in [-0.39, 0.29) is 29.6 Å². The van der Waals surface area contributed by atoms with Gasteiger partial charge in [-0.25, -0.2) is 0 Å². The van der Waals surface area contributed by atoms with Crippen molar-refractivity contribution >= 4 is 35.2 Å². The van der Waals surface area contributed by atoms with Gasteiger partial charge in [0, 0.05) is 17.5 Å². The SMILES string of the molecule is CSCC[C@H](C(=O)Nc1ccc(C)cc1C)N1C(=O)[C@@H]2C3c4ccccc4C(c4ccccc43)[C@H]2C1=O. The summed E-state index contributed by atoms with van der Waals surface area (Å²) in [4.78, 5) is 43.3. The molecular formula is C31H30N2O3S. The van der Waals surface area contributed by atoms with E-state index in [0.717, 1.165) is 33.4 Å².